The second kappa shape index (κ2) is 9.33. The number of esters is 1. The van der Waals surface area contributed by atoms with Gasteiger partial charge in [0.25, 0.3) is 0 Å². The molecule has 1 amide bonds. The smallest absolute Gasteiger partial charge is 0.410 e. The summed E-state index contributed by atoms with van der Waals surface area (Å²) in [6.45, 7) is 8.15. The van der Waals surface area contributed by atoms with Crippen LogP contribution in [-0.2, 0) is 9.47 Å². The highest BCUT2D eigenvalue weighted by Crippen LogP contribution is 2.29. The Labute approximate surface area is 207 Å². The quantitative estimate of drug-likeness (QED) is 0.395. The molecular formula is C24H28ClN5O5. The van der Waals surface area contributed by atoms with Crippen LogP contribution in [-0.4, -0.2) is 61.9 Å². The van der Waals surface area contributed by atoms with Gasteiger partial charge in [-0.25, -0.2) is 19.4 Å². The molecule has 186 valence electrons. The Hall–Kier alpha value is -3.40. The van der Waals surface area contributed by atoms with Crippen LogP contribution in [0.2, 0.25) is 5.28 Å². The molecule has 1 aromatic carbocycles. The van der Waals surface area contributed by atoms with E-state index < -0.39 is 11.6 Å². The number of imidazole rings is 1. The van der Waals surface area contributed by atoms with Crippen molar-refractivity contribution in [3.8, 4) is 5.69 Å². The fourth-order valence-corrected chi connectivity index (χ4v) is 4.52. The number of benzene rings is 1. The predicted molar refractivity (Wildman–Crippen MR) is 130 cm³/mol. The summed E-state index contributed by atoms with van der Waals surface area (Å²) in [5.74, 6) is -0.464. The van der Waals surface area contributed by atoms with Crippen molar-refractivity contribution in [2.24, 2.45) is 0 Å². The van der Waals surface area contributed by atoms with Crippen molar-refractivity contribution >= 4 is 34.8 Å². The van der Waals surface area contributed by atoms with Crippen LogP contribution >= 0.6 is 11.6 Å². The fraction of sp³-hybridized carbons (Fsp3) is 0.458. The molecule has 0 bridgehead atoms. The number of carbonyl (C=O) groups is 2. The Morgan fingerprint density at radius 1 is 1.09 bits per heavy atom. The summed E-state index contributed by atoms with van der Waals surface area (Å²) in [6.07, 6.45) is 0.748. The summed E-state index contributed by atoms with van der Waals surface area (Å²) in [4.78, 5) is 48.4. The minimum Gasteiger partial charge on any atom is -0.465 e. The summed E-state index contributed by atoms with van der Waals surface area (Å²) >= 11 is 6.17. The number of aryl methyl sites for hydroxylation is 1. The summed E-state index contributed by atoms with van der Waals surface area (Å²) in [5.41, 5.74) is 1.60. The lowest BCUT2D eigenvalue weighted by molar-refractivity contribution is 0.0188. The summed E-state index contributed by atoms with van der Waals surface area (Å²) in [5, 5.41) is 0.0492. The Bertz CT molecular complexity index is 1330. The normalized spacial score (nSPS) is 14.9. The van der Waals surface area contributed by atoms with Gasteiger partial charge in [-0.1, -0.05) is 0 Å². The molecule has 0 atom stereocenters. The second-order valence-electron chi connectivity index (χ2n) is 9.48. The maximum atomic E-state index is 13.7. The molecule has 3 aromatic rings. The zero-order valence-corrected chi connectivity index (χ0v) is 21.1. The number of fused-ring (bicyclic) bond motifs is 1. The SMILES string of the molecule is COC(=O)c1ccc(-n2c(=O)n(C3CCN(C(=O)OC(C)(C)C)CC3)c3nc(Cl)nc(C)c32)cc1. The first-order valence-electron chi connectivity index (χ1n) is 11.3. The number of carbonyl (C=O) groups excluding carboxylic acids is 2. The monoisotopic (exact) mass is 501 g/mol. The van der Waals surface area contributed by atoms with Gasteiger partial charge in [-0.05, 0) is 76.4 Å². The van der Waals surface area contributed by atoms with E-state index in [1.807, 2.05) is 20.8 Å². The first-order chi connectivity index (χ1) is 16.5. The Morgan fingerprint density at radius 2 is 1.71 bits per heavy atom. The zero-order valence-electron chi connectivity index (χ0n) is 20.4. The van der Waals surface area contributed by atoms with Gasteiger partial charge in [-0.3, -0.25) is 9.13 Å². The molecule has 1 saturated heterocycles. The van der Waals surface area contributed by atoms with E-state index in [0.717, 1.165) is 0 Å². The lowest BCUT2D eigenvalue weighted by Crippen LogP contribution is -2.43. The number of amides is 1. The van der Waals surface area contributed by atoms with Crippen molar-refractivity contribution in [3.63, 3.8) is 0 Å². The zero-order chi connectivity index (χ0) is 25.5. The van der Waals surface area contributed by atoms with E-state index in [2.05, 4.69) is 9.97 Å². The van der Waals surface area contributed by atoms with Crippen molar-refractivity contribution in [1.82, 2.24) is 24.0 Å². The van der Waals surface area contributed by atoms with Crippen LogP contribution in [0.4, 0.5) is 4.79 Å². The number of piperidine rings is 1. The van der Waals surface area contributed by atoms with E-state index >= 15 is 0 Å². The number of ether oxygens (including phenoxy) is 2. The fourth-order valence-electron chi connectivity index (χ4n) is 4.31. The van der Waals surface area contributed by atoms with Crippen molar-refractivity contribution in [3.05, 3.63) is 51.3 Å². The summed E-state index contributed by atoms with van der Waals surface area (Å²) in [6, 6.07) is 6.36. The van der Waals surface area contributed by atoms with Gasteiger partial charge in [0, 0.05) is 19.1 Å². The van der Waals surface area contributed by atoms with Crippen LogP contribution in [0.25, 0.3) is 16.9 Å². The molecule has 10 nitrogen and oxygen atoms in total. The molecule has 11 heteroatoms. The minimum absolute atomic E-state index is 0.0492. The highest BCUT2D eigenvalue weighted by atomic mass is 35.5. The molecule has 0 saturated carbocycles. The van der Waals surface area contributed by atoms with E-state index in [4.69, 9.17) is 21.1 Å². The third kappa shape index (κ3) is 4.88. The average Bonchev–Trinajstić information content (AvgIpc) is 3.09. The van der Waals surface area contributed by atoms with E-state index in [0.29, 0.717) is 54.0 Å². The van der Waals surface area contributed by atoms with Gasteiger partial charge >= 0.3 is 17.8 Å². The highest BCUT2D eigenvalue weighted by molar-refractivity contribution is 6.28. The number of hydrogen-bond donors (Lipinski definition) is 0. The van der Waals surface area contributed by atoms with Crippen LogP contribution in [0.1, 0.15) is 55.7 Å². The number of halogens is 1. The Balaban J connectivity index is 1.72. The largest absolute Gasteiger partial charge is 0.465 e. The molecular weight excluding hydrogens is 474 g/mol. The lowest BCUT2D eigenvalue weighted by atomic mass is 10.1. The van der Waals surface area contributed by atoms with E-state index in [1.54, 1.807) is 40.7 Å². The molecule has 2 aromatic heterocycles. The highest BCUT2D eigenvalue weighted by Gasteiger charge is 2.31. The van der Waals surface area contributed by atoms with Crippen LogP contribution < -0.4 is 5.69 Å². The topological polar surface area (TPSA) is 109 Å². The lowest BCUT2D eigenvalue weighted by Gasteiger charge is -2.33. The molecule has 35 heavy (non-hydrogen) atoms. The molecule has 1 aliphatic heterocycles. The minimum atomic E-state index is -0.576. The number of hydrogen-bond acceptors (Lipinski definition) is 7. The molecule has 0 radical (unpaired) electrons. The second-order valence-corrected chi connectivity index (χ2v) is 9.81. The number of aromatic nitrogens is 4. The van der Waals surface area contributed by atoms with Crippen LogP contribution in [0.3, 0.4) is 0 Å². The number of rotatable bonds is 3. The van der Waals surface area contributed by atoms with Gasteiger partial charge in [0.05, 0.1) is 24.1 Å². The van der Waals surface area contributed by atoms with Crippen LogP contribution in [0, 0.1) is 6.92 Å². The van der Waals surface area contributed by atoms with Crippen molar-refractivity contribution in [1.29, 1.82) is 0 Å². The molecule has 0 unspecified atom stereocenters. The van der Waals surface area contributed by atoms with Crippen LogP contribution in [0.5, 0.6) is 0 Å². The van der Waals surface area contributed by atoms with Crippen molar-refractivity contribution < 1.29 is 19.1 Å². The standard InChI is InChI=1S/C24H28ClN5O5/c1-14-18-19(27-21(25)26-14)30(17-10-12-28(13-11-17)23(33)35-24(2,3)4)22(32)29(18)16-8-6-15(7-9-16)20(31)34-5/h6-9,17H,10-13H2,1-5H3. The maximum Gasteiger partial charge on any atom is 0.410 e. The number of nitrogens with zero attached hydrogens (tertiary/aromatic N) is 5. The van der Waals surface area contributed by atoms with Crippen LogP contribution in [0.15, 0.2) is 29.1 Å². The van der Waals surface area contributed by atoms with Gasteiger partial charge in [0.15, 0.2) is 5.65 Å². The predicted octanol–water partition coefficient (Wildman–Crippen LogP) is 3.90. The van der Waals surface area contributed by atoms with Gasteiger partial charge in [0.2, 0.25) is 5.28 Å². The average molecular weight is 502 g/mol. The van der Waals surface area contributed by atoms with E-state index in [9.17, 15) is 14.4 Å². The molecule has 0 N–H and O–H groups in total. The summed E-state index contributed by atoms with van der Waals surface area (Å²) < 4.78 is 13.4. The first kappa shape index (κ1) is 24.7. The number of likely N-dealkylation sites (tertiary alicyclic amines) is 1. The maximum absolute atomic E-state index is 13.7. The van der Waals surface area contributed by atoms with Crippen molar-refractivity contribution in [2.45, 2.75) is 52.2 Å². The molecule has 1 aliphatic rings. The number of methoxy groups -OCH3 is 1. The molecule has 3 heterocycles. The molecule has 1 fully saturated rings. The van der Waals surface area contributed by atoms with Gasteiger partial charge < -0.3 is 14.4 Å². The van der Waals surface area contributed by atoms with Gasteiger partial charge in [0.1, 0.15) is 11.1 Å². The van der Waals surface area contributed by atoms with Gasteiger partial charge in [-0.2, -0.15) is 4.98 Å². The third-order valence-corrected chi connectivity index (χ3v) is 6.06. The Morgan fingerprint density at radius 3 is 2.29 bits per heavy atom. The Kier molecular flexibility index (Phi) is 6.59. The third-order valence-electron chi connectivity index (χ3n) is 5.89. The van der Waals surface area contributed by atoms with Gasteiger partial charge in [-0.15, -0.1) is 0 Å². The van der Waals surface area contributed by atoms with Crippen molar-refractivity contribution in [2.75, 3.05) is 20.2 Å². The molecule has 0 spiro atoms. The molecule has 4 rings (SSSR count). The molecule has 0 aliphatic carbocycles. The first-order valence-corrected chi connectivity index (χ1v) is 11.7. The van der Waals surface area contributed by atoms with E-state index in [1.165, 1.54) is 11.7 Å². The van der Waals surface area contributed by atoms with E-state index in [-0.39, 0.29) is 23.1 Å². The summed E-state index contributed by atoms with van der Waals surface area (Å²) in [7, 11) is 1.31.